The molecule has 0 bridgehead atoms. The van der Waals surface area contributed by atoms with Crippen molar-refractivity contribution in [2.24, 2.45) is 11.7 Å². The van der Waals surface area contributed by atoms with Gasteiger partial charge in [-0.3, -0.25) is 4.79 Å². The van der Waals surface area contributed by atoms with E-state index in [1.165, 1.54) is 0 Å². The van der Waals surface area contributed by atoms with Crippen molar-refractivity contribution in [2.45, 2.75) is 44.0 Å². The summed E-state index contributed by atoms with van der Waals surface area (Å²) in [4.78, 5) is 11.6. The lowest BCUT2D eigenvalue weighted by atomic mass is 10.0. The highest BCUT2D eigenvalue weighted by Gasteiger charge is 2.35. The predicted octanol–water partition coefficient (Wildman–Crippen LogP) is 1.24. The van der Waals surface area contributed by atoms with E-state index >= 15 is 0 Å². The van der Waals surface area contributed by atoms with Crippen LogP contribution in [0.3, 0.4) is 0 Å². The Morgan fingerprint density at radius 1 is 1.30 bits per heavy atom. The minimum Gasteiger partial charge on any atom is -0.369 e. The summed E-state index contributed by atoms with van der Waals surface area (Å²) in [6.07, 6.45) is 2.11. The first-order chi connectivity index (χ1) is 9.31. The van der Waals surface area contributed by atoms with Crippen LogP contribution in [0.25, 0.3) is 0 Å². The maximum atomic E-state index is 12.5. The van der Waals surface area contributed by atoms with Gasteiger partial charge in [-0.1, -0.05) is 18.6 Å². The topological polar surface area (TPSA) is 89.3 Å². The van der Waals surface area contributed by atoms with Crippen molar-refractivity contribution < 1.29 is 13.2 Å². The minimum absolute atomic E-state index is 0.271. The summed E-state index contributed by atoms with van der Waals surface area (Å²) in [5.74, 6) is -0.842. The van der Waals surface area contributed by atoms with Crippen LogP contribution < -0.4 is 10.5 Å². The van der Waals surface area contributed by atoms with Gasteiger partial charge in [0, 0.05) is 6.04 Å². The summed E-state index contributed by atoms with van der Waals surface area (Å²) >= 11 is 0. The van der Waals surface area contributed by atoms with Gasteiger partial charge in [-0.05, 0) is 43.9 Å². The fourth-order valence-electron chi connectivity index (χ4n) is 2.70. The number of nitrogens with two attached hydrogens (primary N) is 1. The Hall–Kier alpha value is -1.40. The number of hydrogen-bond donors (Lipinski definition) is 2. The first-order valence-electron chi connectivity index (χ1n) is 6.70. The Kier molecular flexibility index (Phi) is 4.15. The Bertz CT molecular complexity index is 625. The van der Waals surface area contributed by atoms with Gasteiger partial charge < -0.3 is 5.73 Å². The number of nitrogens with one attached hydrogen (secondary N) is 1. The Labute approximate surface area is 119 Å². The van der Waals surface area contributed by atoms with Crippen molar-refractivity contribution in [3.63, 3.8) is 0 Å². The number of hydrogen-bond acceptors (Lipinski definition) is 3. The molecule has 1 aromatic rings. The van der Waals surface area contributed by atoms with E-state index in [0.29, 0.717) is 18.4 Å². The van der Waals surface area contributed by atoms with Crippen molar-refractivity contribution in [3.8, 4) is 0 Å². The molecule has 110 valence electrons. The number of carbonyl (C=O) groups is 1. The third-order valence-electron chi connectivity index (χ3n) is 3.82. The maximum Gasteiger partial charge on any atom is 0.241 e. The smallest absolute Gasteiger partial charge is 0.241 e. The van der Waals surface area contributed by atoms with Crippen molar-refractivity contribution in [3.05, 3.63) is 29.3 Å². The zero-order valence-electron chi connectivity index (χ0n) is 11.7. The lowest BCUT2D eigenvalue weighted by Crippen LogP contribution is -2.42. The molecule has 0 heterocycles. The molecule has 0 spiro atoms. The molecule has 1 saturated carbocycles. The molecule has 0 radical (unpaired) electrons. The van der Waals surface area contributed by atoms with Crippen LogP contribution in [-0.4, -0.2) is 20.4 Å². The van der Waals surface area contributed by atoms with E-state index in [0.717, 1.165) is 12.0 Å². The number of primary amides is 1. The maximum absolute atomic E-state index is 12.5. The average molecular weight is 296 g/mol. The van der Waals surface area contributed by atoms with Crippen molar-refractivity contribution in [1.29, 1.82) is 0 Å². The molecule has 2 rings (SSSR count). The molecule has 0 saturated heterocycles. The van der Waals surface area contributed by atoms with E-state index in [-0.39, 0.29) is 4.90 Å². The van der Waals surface area contributed by atoms with Gasteiger partial charge >= 0.3 is 0 Å². The second kappa shape index (κ2) is 5.54. The molecule has 0 aromatic heterocycles. The average Bonchev–Trinajstić information content (AvgIpc) is 2.79. The fourth-order valence-corrected chi connectivity index (χ4v) is 4.34. The van der Waals surface area contributed by atoms with Gasteiger partial charge in [-0.15, -0.1) is 0 Å². The van der Waals surface area contributed by atoms with E-state index in [9.17, 15) is 13.2 Å². The van der Waals surface area contributed by atoms with Gasteiger partial charge in [0.1, 0.15) is 0 Å². The summed E-state index contributed by atoms with van der Waals surface area (Å²) in [6, 6.07) is 4.91. The second-order valence-electron chi connectivity index (χ2n) is 5.44. The molecule has 1 aromatic carbocycles. The van der Waals surface area contributed by atoms with Crippen LogP contribution in [-0.2, 0) is 14.8 Å². The summed E-state index contributed by atoms with van der Waals surface area (Å²) in [5.41, 5.74) is 6.90. The van der Waals surface area contributed by atoms with Crippen LogP contribution >= 0.6 is 0 Å². The Morgan fingerprint density at radius 3 is 2.65 bits per heavy atom. The highest BCUT2D eigenvalue weighted by atomic mass is 32.2. The molecular formula is C14H20N2O3S. The molecule has 1 fully saturated rings. The third-order valence-corrected chi connectivity index (χ3v) is 5.45. The third kappa shape index (κ3) is 3.02. The molecule has 1 aliphatic rings. The quantitative estimate of drug-likeness (QED) is 0.876. The van der Waals surface area contributed by atoms with E-state index < -0.39 is 27.9 Å². The number of aryl methyl sites for hydroxylation is 2. The van der Waals surface area contributed by atoms with Crippen LogP contribution in [0.4, 0.5) is 0 Å². The lowest BCUT2D eigenvalue weighted by molar-refractivity contribution is -0.122. The predicted molar refractivity (Wildman–Crippen MR) is 76.6 cm³/mol. The van der Waals surface area contributed by atoms with E-state index in [4.69, 9.17) is 5.73 Å². The second-order valence-corrected chi connectivity index (χ2v) is 7.12. The van der Waals surface area contributed by atoms with E-state index in [1.807, 2.05) is 13.0 Å². The van der Waals surface area contributed by atoms with Crippen LogP contribution in [0.5, 0.6) is 0 Å². The first kappa shape index (κ1) is 15.0. The summed E-state index contributed by atoms with van der Waals surface area (Å²) < 4.78 is 27.6. The van der Waals surface area contributed by atoms with Crippen molar-refractivity contribution >= 4 is 15.9 Å². The Balaban J connectivity index is 2.27. The van der Waals surface area contributed by atoms with Gasteiger partial charge in [0.05, 0.1) is 10.8 Å². The van der Waals surface area contributed by atoms with Gasteiger partial charge in [0.15, 0.2) is 0 Å². The number of benzene rings is 1. The molecule has 0 aliphatic heterocycles. The van der Waals surface area contributed by atoms with E-state index in [2.05, 4.69) is 4.72 Å². The number of sulfonamides is 1. The molecule has 20 heavy (non-hydrogen) atoms. The normalized spacial score (nSPS) is 22.9. The molecule has 1 aliphatic carbocycles. The molecule has 2 atom stereocenters. The fraction of sp³-hybridized carbons (Fsp3) is 0.500. The van der Waals surface area contributed by atoms with Crippen molar-refractivity contribution in [2.75, 3.05) is 0 Å². The van der Waals surface area contributed by atoms with Gasteiger partial charge in [0.25, 0.3) is 0 Å². The van der Waals surface area contributed by atoms with Crippen LogP contribution in [0, 0.1) is 19.8 Å². The number of carbonyl (C=O) groups excluding carboxylic acids is 1. The highest BCUT2D eigenvalue weighted by Crippen LogP contribution is 2.27. The summed E-state index contributed by atoms with van der Waals surface area (Å²) in [5, 5.41) is 0. The van der Waals surface area contributed by atoms with Gasteiger partial charge in [-0.2, -0.15) is 0 Å². The Morgan fingerprint density at radius 2 is 2.00 bits per heavy atom. The first-order valence-corrected chi connectivity index (χ1v) is 8.18. The monoisotopic (exact) mass is 296 g/mol. The highest BCUT2D eigenvalue weighted by molar-refractivity contribution is 7.89. The van der Waals surface area contributed by atoms with Crippen molar-refractivity contribution in [1.82, 2.24) is 4.72 Å². The zero-order chi connectivity index (χ0) is 14.9. The van der Waals surface area contributed by atoms with Crippen LogP contribution in [0.2, 0.25) is 0 Å². The molecule has 5 nitrogen and oxygen atoms in total. The van der Waals surface area contributed by atoms with E-state index in [1.54, 1.807) is 19.1 Å². The minimum atomic E-state index is -3.62. The van der Waals surface area contributed by atoms with Crippen LogP contribution in [0.1, 0.15) is 30.4 Å². The molecular weight excluding hydrogens is 276 g/mol. The molecule has 2 unspecified atom stereocenters. The number of rotatable bonds is 4. The van der Waals surface area contributed by atoms with Crippen LogP contribution in [0.15, 0.2) is 23.1 Å². The molecule has 3 N–H and O–H groups in total. The zero-order valence-corrected chi connectivity index (χ0v) is 12.5. The summed E-state index contributed by atoms with van der Waals surface area (Å²) in [6.45, 7) is 3.61. The molecule has 1 amide bonds. The lowest BCUT2D eigenvalue weighted by Gasteiger charge is -2.19. The number of amides is 1. The summed E-state index contributed by atoms with van der Waals surface area (Å²) in [7, 11) is -3.62. The molecule has 6 heteroatoms. The largest absolute Gasteiger partial charge is 0.369 e. The van der Waals surface area contributed by atoms with Gasteiger partial charge in [0.2, 0.25) is 15.9 Å². The standard InChI is InChI=1S/C14H20N2O3S/c1-9-6-7-10(2)13(8-9)20(18,19)16-12-5-3-4-11(12)14(15)17/h6-8,11-12,16H,3-5H2,1-2H3,(H2,15,17). The van der Waals surface area contributed by atoms with Gasteiger partial charge in [-0.25, -0.2) is 13.1 Å². The SMILES string of the molecule is Cc1ccc(C)c(S(=O)(=O)NC2CCCC2C(N)=O)c1.